The van der Waals surface area contributed by atoms with E-state index in [2.05, 4.69) is 6.58 Å². The highest BCUT2D eigenvalue weighted by Crippen LogP contribution is 2.31. The summed E-state index contributed by atoms with van der Waals surface area (Å²) >= 11 is 0. The molecule has 1 atom stereocenters. The molecule has 0 aromatic rings. The summed E-state index contributed by atoms with van der Waals surface area (Å²) in [7, 11) is 0. The Balaban J connectivity index is 3.08. The van der Waals surface area contributed by atoms with Crippen molar-refractivity contribution in [3.63, 3.8) is 0 Å². The van der Waals surface area contributed by atoms with E-state index in [0.717, 1.165) is 18.4 Å². The smallest absolute Gasteiger partial charge is 0.158 e. The fraction of sp³-hybridized carbons (Fsp3) is 0.438. The quantitative estimate of drug-likeness (QED) is 0.646. The molecule has 1 nitrogen and oxygen atoms in total. The topological polar surface area (TPSA) is 17.1 Å². The summed E-state index contributed by atoms with van der Waals surface area (Å²) in [5.41, 5.74) is 1.47. The van der Waals surface area contributed by atoms with Crippen LogP contribution in [0.1, 0.15) is 39.5 Å². The van der Waals surface area contributed by atoms with Gasteiger partial charge in [0.1, 0.15) is 5.83 Å². The molecule has 0 aromatic carbocycles. The molecule has 0 aliphatic heterocycles. The predicted octanol–water partition coefficient (Wildman–Crippen LogP) is 4.68. The van der Waals surface area contributed by atoms with Gasteiger partial charge in [0.25, 0.3) is 0 Å². The van der Waals surface area contributed by atoms with Gasteiger partial charge in [-0.3, -0.25) is 4.79 Å². The zero-order valence-corrected chi connectivity index (χ0v) is 11.2. The molecule has 0 heterocycles. The Morgan fingerprint density at radius 1 is 1.56 bits per heavy atom. The molecular formula is C16H21FO. The van der Waals surface area contributed by atoms with Crippen LogP contribution in [0.2, 0.25) is 0 Å². The number of allylic oxidation sites excluding steroid dienone is 7. The van der Waals surface area contributed by atoms with E-state index in [9.17, 15) is 9.18 Å². The third kappa shape index (κ3) is 3.52. The Labute approximate surface area is 109 Å². The van der Waals surface area contributed by atoms with E-state index in [4.69, 9.17) is 0 Å². The van der Waals surface area contributed by atoms with E-state index in [1.165, 1.54) is 6.08 Å². The molecule has 0 saturated heterocycles. The molecule has 0 saturated carbocycles. The molecule has 0 fully saturated rings. The van der Waals surface area contributed by atoms with Crippen molar-refractivity contribution >= 4 is 5.78 Å². The second kappa shape index (κ2) is 7.10. The third-order valence-electron chi connectivity index (χ3n) is 3.21. The third-order valence-corrected chi connectivity index (χ3v) is 3.21. The lowest BCUT2D eigenvalue weighted by Crippen LogP contribution is -2.15. The molecule has 1 rings (SSSR count). The molecule has 1 aliphatic rings. The van der Waals surface area contributed by atoms with E-state index in [1.807, 2.05) is 32.1 Å². The standard InChI is InChI=1S/C16H21FO/c1-4-7-8-14(15(17)6-3)13-9-10-16(18)12(5-2)11-13/h6-8,11,13H,3-5,9-10H2,1-2H3. The molecule has 1 unspecified atom stereocenters. The van der Waals surface area contributed by atoms with Gasteiger partial charge in [-0.25, -0.2) is 4.39 Å². The lowest BCUT2D eigenvalue weighted by molar-refractivity contribution is -0.116. The number of Topliss-reactive ketones (excluding diaryl/α,β-unsaturated/α-hetero) is 1. The zero-order chi connectivity index (χ0) is 13.5. The van der Waals surface area contributed by atoms with Gasteiger partial charge in [-0.15, -0.1) is 0 Å². The summed E-state index contributed by atoms with van der Waals surface area (Å²) in [5, 5.41) is 0. The summed E-state index contributed by atoms with van der Waals surface area (Å²) < 4.78 is 13.8. The molecule has 0 aromatic heterocycles. The van der Waals surface area contributed by atoms with Crippen molar-refractivity contribution in [1.82, 2.24) is 0 Å². The summed E-state index contributed by atoms with van der Waals surface area (Å²) in [6.45, 7) is 7.46. The lowest BCUT2D eigenvalue weighted by Gasteiger charge is -2.21. The molecular weight excluding hydrogens is 227 g/mol. The SMILES string of the molecule is C=CC(F)=C(C=CCC)C1C=C(CC)C(=O)CC1. The van der Waals surface area contributed by atoms with Gasteiger partial charge in [0.15, 0.2) is 5.78 Å². The van der Waals surface area contributed by atoms with Crippen molar-refractivity contribution in [1.29, 1.82) is 0 Å². The predicted molar refractivity (Wildman–Crippen MR) is 73.9 cm³/mol. The summed E-state index contributed by atoms with van der Waals surface area (Å²) in [4.78, 5) is 11.6. The Kier molecular flexibility index (Phi) is 5.76. The van der Waals surface area contributed by atoms with Gasteiger partial charge in [0, 0.05) is 12.3 Å². The molecule has 98 valence electrons. The van der Waals surface area contributed by atoms with Crippen molar-refractivity contribution in [3.8, 4) is 0 Å². The number of hydrogen-bond donors (Lipinski definition) is 0. The molecule has 0 amide bonds. The first kappa shape index (κ1) is 14.6. The number of ketones is 1. The Hall–Kier alpha value is -1.44. The minimum Gasteiger partial charge on any atom is -0.295 e. The normalized spacial score (nSPS) is 21.8. The molecule has 18 heavy (non-hydrogen) atoms. The monoisotopic (exact) mass is 248 g/mol. The van der Waals surface area contributed by atoms with E-state index in [-0.39, 0.29) is 17.5 Å². The van der Waals surface area contributed by atoms with Gasteiger partial charge in [-0.1, -0.05) is 38.7 Å². The van der Waals surface area contributed by atoms with E-state index in [0.29, 0.717) is 18.4 Å². The summed E-state index contributed by atoms with van der Waals surface area (Å²) in [6.07, 6.45) is 9.70. The first-order valence-corrected chi connectivity index (χ1v) is 6.56. The highest BCUT2D eigenvalue weighted by molar-refractivity contribution is 5.96. The van der Waals surface area contributed by atoms with Crippen molar-refractivity contribution in [2.75, 3.05) is 0 Å². The average molecular weight is 248 g/mol. The minimum atomic E-state index is -0.286. The maximum absolute atomic E-state index is 13.8. The molecule has 0 bridgehead atoms. The van der Waals surface area contributed by atoms with Gasteiger partial charge in [0.05, 0.1) is 0 Å². The van der Waals surface area contributed by atoms with E-state index < -0.39 is 0 Å². The van der Waals surface area contributed by atoms with Crippen LogP contribution >= 0.6 is 0 Å². The summed E-state index contributed by atoms with van der Waals surface area (Å²) in [5.74, 6) is -0.0872. The first-order valence-electron chi connectivity index (χ1n) is 6.56. The van der Waals surface area contributed by atoms with Gasteiger partial charge in [-0.05, 0) is 36.5 Å². The van der Waals surface area contributed by atoms with Crippen LogP contribution < -0.4 is 0 Å². The van der Waals surface area contributed by atoms with Crippen LogP contribution in [0.15, 0.2) is 47.9 Å². The Bertz CT molecular complexity index is 413. The van der Waals surface area contributed by atoms with Crippen LogP contribution in [0.25, 0.3) is 0 Å². The second-order valence-corrected chi connectivity index (χ2v) is 4.43. The van der Waals surface area contributed by atoms with Gasteiger partial charge >= 0.3 is 0 Å². The molecule has 2 heteroatoms. The first-order chi connectivity index (χ1) is 8.63. The second-order valence-electron chi connectivity index (χ2n) is 4.43. The van der Waals surface area contributed by atoms with E-state index >= 15 is 0 Å². The van der Waals surface area contributed by atoms with Crippen LogP contribution in [0.5, 0.6) is 0 Å². The fourth-order valence-electron chi connectivity index (χ4n) is 2.17. The zero-order valence-electron chi connectivity index (χ0n) is 11.2. The number of halogens is 1. The molecule has 0 radical (unpaired) electrons. The van der Waals surface area contributed by atoms with Crippen LogP contribution in [0.4, 0.5) is 4.39 Å². The average Bonchev–Trinajstić information content (AvgIpc) is 2.40. The molecule has 0 spiro atoms. The Morgan fingerprint density at radius 3 is 2.83 bits per heavy atom. The number of hydrogen-bond acceptors (Lipinski definition) is 1. The van der Waals surface area contributed by atoms with Crippen molar-refractivity contribution in [2.24, 2.45) is 5.92 Å². The lowest BCUT2D eigenvalue weighted by atomic mass is 9.83. The Morgan fingerprint density at radius 2 is 2.28 bits per heavy atom. The van der Waals surface area contributed by atoms with Crippen molar-refractivity contribution in [3.05, 3.63) is 47.9 Å². The number of rotatable bonds is 5. The fourth-order valence-corrected chi connectivity index (χ4v) is 2.17. The van der Waals surface area contributed by atoms with Crippen LogP contribution in [-0.2, 0) is 4.79 Å². The van der Waals surface area contributed by atoms with Crippen LogP contribution in [0, 0.1) is 5.92 Å². The van der Waals surface area contributed by atoms with Crippen LogP contribution in [-0.4, -0.2) is 5.78 Å². The van der Waals surface area contributed by atoms with Crippen molar-refractivity contribution < 1.29 is 9.18 Å². The van der Waals surface area contributed by atoms with Crippen LogP contribution in [0.3, 0.4) is 0 Å². The van der Waals surface area contributed by atoms with E-state index in [1.54, 1.807) is 0 Å². The number of carbonyl (C=O) groups excluding carboxylic acids is 1. The highest BCUT2D eigenvalue weighted by atomic mass is 19.1. The minimum absolute atomic E-state index is 0.00144. The molecule has 1 aliphatic carbocycles. The maximum atomic E-state index is 13.8. The largest absolute Gasteiger partial charge is 0.295 e. The molecule has 0 N–H and O–H groups in total. The van der Waals surface area contributed by atoms with Gasteiger partial charge in [0.2, 0.25) is 0 Å². The maximum Gasteiger partial charge on any atom is 0.158 e. The van der Waals surface area contributed by atoms with Crippen molar-refractivity contribution in [2.45, 2.75) is 39.5 Å². The number of carbonyl (C=O) groups is 1. The highest BCUT2D eigenvalue weighted by Gasteiger charge is 2.22. The van der Waals surface area contributed by atoms with Gasteiger partial charge in [-0.2, -0.15) is 0 Å². The van der Waals surface area contributed by atoms with Gasteiger partial charge < -0.3 is 0 Å². The summed E-state index contributed by atoms with van der Waals surface area (Å²) in [6, 6.07) is 0.